The van der Waals surface area contributed by atoms with Crippen LogP contribution in [0.3, 0.4) is 0 Å². The Kier molecular flexibility index (Phi) is 4.57. The molecule has 0 unspecified atom stereocenters. The van der Waals surface area contributed by atoms with Crippen LogP contribution in [-0.2, 0) is 23.2 Å². The Hall–Kier alpha value is -4.28. The zero-order valence-electron chi connectivity index (χ0n) is 18.7. The molecule has 0 spiro atoms. The molecule has 1 fully saturated rings. The number of nitrogens with one attached hydrogen (secondary N) is 2. The number of carbonyl (C=O) groups is 2. The van der Waals surface area contributed by atoms with Crippen molar-refractivity contribution in [1.82, 2.24) is 24.6 Å². The molecule has 0 saturated heterocycles. The molecule has 2 amide bonds. The fourth-order valence-electron chi connectivity index (χ4n) is 4.33. The molecular weight excluding hydrogens is 436 g/mol. The number of amidine groups is 1. The molecule has 3 aromatic rings. The van der Waals surface area contributed by atoms with E-state index in [1.807, 2.05) is 23.1 Å². The molecule has 0 bridgehead atoms. The summed E-state index contributed by atoms with van der Waals surface area (Å²) < 4.78 is 7.37. The number of nitrogens with zero attached hydrogens (tertiary/aromatic N) is 6. The number of pyridine rings is 1. The first kappa shape index (κ1) is 20.3. The zero-order valence-corrected chi connectivity index (χ0v) is 18.7. The molecule has 6 rings (SSSR count). The number of anilines is 3. The van der Waals surface area contributed by atoms with Gasteiger partial charge in [-0.3, -0.25) is 14.3 Å². The smallest absolute Gasteiger partial charge is 0.267 e. The highest BCUT2D eigenvalue weighted by atomic mass is 16.5. The minimum atomic E-state index is -0.182. The molecule has 2 N–H and O–H groups in total. The van der Waals surface area contributed by atoms with E-state index in [1.54, 1.807) is 31.2 Å². The number of ether oxygens (including phenoxy) is 1. The molecular formula is C23H22N8O3. The third kappa shape index (κ3) is 3.45. The molecule has 2 aromatic heterocycles. The minimum absolute atomic E-state index is 0.0229. The Bertz CT molecular complexity index is 1370. The largest absolute Gasteiger partial charge is 0.494 e. The van der Waals surface area contributed by atoms with E-state index in [4.69, 9.17) is 4.74 Å². The van der Waals surface area contributed by atoms with Gasteiger partial charge in [0, 0.05) is 19.0 Å². The Balaban J connectivity index is 1.43. The van der Waals surface area contributed by atoms with Crippen LogP contribution in [0.5, 0.6) is 5.75 Å². The SMILES string of the molecule is COc1c(Nc2cc(NC(=O)C3CC3)nc3c2C2=NC(=O)CN2C3)cccc1-c1ncn(C)n1. The van der Waals surface area contributed by atoms with Gasteiger partial charge >= 0.3 is 0 Å². The van der Waals surface area contributed by atoms with Gasteiger partial charge in [0.05, 0.1) is 41.9 Å². The normalized spacial score (nSPS) is 16.2. The number of carbonyl (C=O) groups excluding carboxylic acids is 2. The van der Waals surface area contributed by atoms with Crippen molar-refractivity contribution in [3.63, 3.8) is 0 Å². The molecule has 3 aliphatic rings. The van der Waals surface area contributed by atoms with E-state index in [-0.39, 0.29) is 24.3 Å². The summed E-state index contributed by atoms with van der Waals surface area (Å²) in [5, 5.41) is 10.8. The van der Waals surface area contributed by atoms with E-state index < -0.39 is 0 Å². The molecule has 0 atom stereocenters. The molecule has 4 heterocycles. The summed E-state index contributed by atoms with van der Waals surface area (Å²) in [5.74, 6) is 2.02. The Morgan fingerprint density at radius 2 is 2.06 bits per heavy atom. The maximum absolute atomic E-state index is 12.4. The molecule has 11 heteroatoms. The number of aromatic nitrogens is 4. The molecule has 11 nitrogen and oxygen atoms in total. The Morgan fingerprint density at radius 3 is 2.79 bits per heavy atom. The average molecular weight is 458 g/mol. The number of aliphatic imine (C=N–C) groups is 1. The fourth-order valence-corrected chi connectivity index (χ4v) is 4.33. The number of hydrogen-bond acceptors (Lipinski definition) is 8. The third-order valence-corrected chi connectivity index (χ3v) is 6.04. The maximum atomic E-state index is 12.4. The van der Waals surface area contributed by atoms with E-state index in [0.29, 0.717) is 41.1 Å². The Labute approximate surface area is 194 Å². The van der Waals surface area contributed by atoms with Gasteiger partial charge in [0.15, 0.2) is 11.6 Å². The number of hydrogen-bond donors (Lipinski definition) is 2. The second kappa shape index (κ2) is 7.65. The highest BCUT2D eigenvalue weighted by molar-refractivity contribution is 6.16. The van der Waals surface area contributed by atoms with Crippen LogP contribution in [0.25, 0.3) is 11.4 Å². The van der Waals surface area contributed by atoms with Crippen molar-refractivity contribution < 1.29 is 14.3 Å². The van der Waals surface area contributed by atoms with E-state index in [1.165, 1.54) is 0 Å². The first-order valence-electron chi connectivity index (χ1n) is 11.0. The maximum Gasteiger partial charge on any atom is 0.267 e. The number of amides is 2. The van der Waals surface area contributed by atoms with Crippen LogP contribution in [0, 0.1) is 5.92 Å². The van der Waals surface area contributed by atoms with Gasteiger partial charge in [-0.2, -0.15) is 10.1 Å². The monoisotopic (exact) mass is 458 g/mol. The van der Waals surface area contributed by atoms with Crippen molar-refractivity contribution in [1.29, 1.82) is 0 Å². The molecule has 2 aliphatic heterocycles. The van der Waals surface area contributed by atoms with Crippen LogP contribution in [-0.4, -0.2) is 56.0 Å². The van der Waals surface area contributed by atoms with Crippen molar-refractivity contribution in [3.05, 3.63) is 41.9 Å². The summed E-state index contributed by atoms with van der Waals surface area (Å²) in [5.41, 5.74) is 3.60. The highest BCUT2D eigenvalue weighted by Crippen LogP contribution is 2.40. The summed E-state index contributed by atoms with van der Waals surface area (Å²) >= 11 is 0. The Morgan fingerprint density at radius 1 is 1.21 bits per heavy atom. The lowest BCUT2D eigenvalue weighted by molar-refractivity contribution is -0.118. The zero-order chi connectivity index (χ0) is 23.4. The number of methoxy groups -OCH3 is 1. The second-order valence-electron chi connectivity index (χ2n) is 8.58. The predicted octanol–water partition coefficient (Wildman–Crippen LogP) is 2.08. The van der Waals surface area contributed by atoms with Gasteiger partial charge in [-0.25, -0.2) is 9.97 Å². The quantitative estimate of drug-likeness (QED) is 0.575. The summed E-state index contributed by atoms with van der Waals surface area (Å²) in [6.45, 7) is 0.676. The molecule has 1 aliphatic carbocycles. The van der Waals surface area contributed by atoms with Gasteiger partial charge < -0.3 is 20.3 Å². The summed E-state index contributed by atoms with van der Waals surface area (Å²) in [6, 6.07) is 7.43. The number of fused-ring (bicyclic) bond motifs is 3. The number of benzene rings is 1. The van der Waals surface area contributed by atoms with Crippen LogP contribution in [0.4, 0.5) is 17.2 Å². The van der Waals surface area contributed by atoms with Gasteiger partial charge in [-0.1, -0.05) is 6.07 Å². The first-order valence-corrected chi connectivity index (χ1v) is 11.0. The lowest BCUT2D eigenvalue weighted by atomic mass is 10.1. The number of aryl methyl sites for hydroxylation is 1. The van der Waals surface area contributed by atoms with Crippen LogP contribution in [0.2, 0.25) is 0 Å². The predicted molar refractivity (Wildman–Crippen MR) is 124 cm³/mol. The lowest BCUT2D eigenvalue weighted by Crippen LogP contribution is -2.22. The van der Waals surface area contributed by atoms with Crippen molar-refractivity contribution >= 4 is 34.8 Å². The average Bonchev–Trinajstić information content (AvgIpc) is 3.36. The van der Waals surface area contributed by atoms with Crippen molar-refractivity contribution in [2.45, 2.75) is 19.4 Å². The van der Waals surface area contributed by atoms with Crippen molar-refractivity contribution in [2.75, 3.05) is 24.3 Å². The summed E-state index contributed by atoms with van der Waals surface area (Å²) in [6.07, 6.45) is 3.43. The number of rotatable bonds is 6. The van der Waals surface area contributed by atoms with Crippen LogP contribution in [0.15, 0.2) is 35.6 Å². The van der Waals surface area contributed by atoms with E-state index in [0.717, 1.165) is 29.7 Å². The van der Waals surface area contributed by atoms with Crippen LogP contribution in [0.1, 0.15) is 24.1 Å². The van der Waals surface area contributed by atoms with E-state index in [2.05, 4.69) is 30.7 Å². The molecule has 1 aromatic carbocycles. The number of para-hydroxylation sites is 1. The van der Waals surface area contributed by atoms with Gasteiger partial charge in [0.2, 0.25) is 5.91 Å². The molecule has 1 saturated carbocycles. The van der Waals surface area contributed by atoms with Gasteiger partial charge in [0.25, 0.3) is 5.91 Å². The minimum Gasteiger partial charge on any atom is -0.494 e. The molecule has 172 valence electrons. The van der Waals surface area contributed by atoms with Crippen LogP contribution >= 0.6 is 0 Å². The first-order chi connectivity index (χ1) is 16.5. The molecule has 34 heavy (non-hydrogen) atoms. The summed E-state index contributed by atoms with van der Waals surface area (Å²) in [7, 11) is 3.39. The molecule has 0 radical (unpaired) electrons. The van der Waals surface area contributed by atoms with Gasteiger partial charge in [-0.15, -0.1) is 0 Å². The third-order valence-electron chi connectivity index (χ3n) is 6.04. The lowest BCUT2D eigenvalue weighted by Gasteiger charge is -2.17. The van der Waals surface area contributed by atoms with E-state index in [9.17, 15) is 9.59 Å². The van der Waals surface area contributed by atoms with Crippen LogP contribution < -0.4 is 15.4 Å². The summed E-state index contributed by atoms with van der Waals surface area (Å²) in [4.78, 5) is 39.5. The fraction of sp³-hybridized carbons (Fsp3) is 0.304. The van der Waals surface area contributed by atoms with Gasteiger partial charge in [-0.05, 0) is 25.0 Å². The van der Waals surface area contributed by atoms with Crippen molar-refractivity contribution in [3.8, 4) is 17.1 Å². The van der Waals surface area contributed by atoms with Gasteiger partial charge in [0.1, 0.15) is 24.5 Å². The van der Waals surface area contributed by atoms with E-state index >= 15 is 0 Å². The standard InChI is InChI=1S/C23H22N8O3/c1-30-11-24-21(29-30)13-4-3-5-14(20(13)34-2)25-15-8-17(27-23(33)12-6-7-12)26-16-9-31-10-18(32)28-22(31)19(15)16/h3-5,8,11-12H,6-7,9-10H2,1-2H3,(H2,25,26,27,33). The second-order valence-corrected chi connectivity index (χ2v) is 8.58. The topological polar surface area (TPSA) is 127 Å². The highest BCUT2D eigenvalue weighted by Gasteiger charge is 2.37. The van der Waals surface area contributed by atoms with Crippen molar-refractivity contribution in [2.24, 2.45) is 18.0 Å².